The molecule has 1 amide bonds. The lowest BCUT2D eigenvalue weighted by atomic mass is 10.2. The van der Waals surface area contributed by atoms with Crippen LogP contribution >= 0.6 is 11.6 Å². The molecule has 0 spiro atoms. The molecule has 1 aliphatic rings. The van der Waals surface area contributed by atoms with Crippen LogP contribution in [0.1, 0.15) is 18.9 Å². The number of anilines is 2. The Kier molecular flexibility index (Phi) is 6.22. The number of pyridine rings is 2. The molecule has 1 fully saturated rings. The first kappa shape index (κ1) is 19.1. The van der Waals surface area contributed by atoms with Gasteiger partial charge in [0.05, 0.1) is 17.3 Å². The van der Waals surface area contributed by atoms with Crippen molar-refractivity contribution < 1.29 is 4.79 Å². The van der Waals surface area contributed by atoms with Crippen LogP contribution in [0, 0.1) is 11.3 Å². The van der Waals surface area contributed by atoms with Crippen LogP contribution in [0.25, 0.3) is 0 Å². The number of rotatable bonds is 4. The number of halogens is 1. The number of aromatic nitrogens is 2. The third kappa shape index (κ3) is 4.54. The zero-order valence-electron chi connectivity index (χ0n) is 15.1. The largest absolute Gasteiger partial charge is 0.354 e. The summed E-state index contributed by atoms with van der Waals surface area (Å²) in [6.45, 7) is 4.88. The number of nitrogens with one attached hydrogen (secondary N) is 1. The Hall–Kier alpha value is -2.69. The zero-order valence-corrected chi connectivity index (χ0v) is 15.9. The molecule has 1 N–H and O–H groups in total. The highest BCUT2D eigenvalue weighted by Crippen LogP contribution is 2.20. The van der Waals surface area contributed by atoms with Gasteiger partial charge in [-0.1, -0.05) is 11.6 Å². The Bertz CT molecular complexity index is 852. The van der Waals surface area contributed by atoms with E-state index in [0.717, 1.165) is 19.5 Å². The maximum atomic E-state index is 12.6. The smallest absolute Gasteiger partial charge is 0.241 e. The third-order valence-electron chi connectivity index (χ3n) is 4.68. The van der Waals surface area contributed by atoms with E-state index in [1.165, 1.54) is 0 Å². The van der Waals surface area contributed by atoms with Gasteiger partial charge in [-0.3, -0.25) is 9.69 Å². The monoisotopic (exact) mass is 384 g/mol. The van der Waals surface area contributed by atoms with Gasteiger partial charge in [-0.05, 0) is 37.6 Å². The number of amides is 1. The maximum absolute atomic E-state index is 12.6. The average molecular weight is 385 g/mol. The number of hydrogen-bond acceptors (Lipinski definition) is 6. The normalized spacial score (nSPS) is 16.3. The highest BCUT2D eigenvalue weighted by Gasteiger charge is 2.25. The number of carbonyl (C=O) groups excluding carboxylic acids is 1. The molecule has 140 valence electrons. The lowest BCUT2D eigenvalue weighted by Crippen LogP contribution is -2.44. The molecule has 27 heavy (non-hydrogen) atoms. The molecule has 1 atom stereocenters. The van der Waals surface area contributed by atoms with Crippen LogP contribution in [0.4, 0.5) is 11.5 Å². The summed E-state index contributed by atoms with van der Waals surface area (Å²) in [7, 11) is 0. The average Bonchev–Trinajstić information content (AvgIpc) is 2.95. The standard InChI is InChI=1S/C19H21ClN6O/c1-14(19(27)24-16-6-3-7-22-17(16)20)25-9-4-10-26(12-11-25)18-15(13-21)5-2-8-23-18/h2-3,5-8,14H,4,9-12H2,1H3,(H,24,27). The minimum atomic E-state index is -0.305. The lowest BCUT2D eigenvalue weighted by molar-refractivity contribution is -0.120. The predicted molar refractivity (Wildman–Crippen MR) is 105 cm³/mol. The van der Waals surface area contributed by atoms with E-state index in [4.69, 9.17) is 11.6 Å². The Morgan fingerprint density at radius 1 is 1.22 bits per heavy atom. The molecule has 0 radical (unpaired) electrons. The predicted octanol–water partition coefficient (Wildman–Crippen LogP) is 2.54. The van der Waals surface area contributed by atoms with Gasteiger partial charge >= 0.3 is 0 Å². The molecule has 8 heteroatoms. The second kappa shape index (κ2) is 8.80. The van der Waals surface area contributed by atoms with E-state index in [9.17, 15) is 10.1 Å². The highest BCUT2D eigenvalue weighted by atomic mass is 35.5. The summed E-state index contributed by atoms with van der Waals surface area (Å²) in [5.74, 6) is 0.593. The molecule has 2 aromatic rings. The molecule has 2 aromatic heterocycles. The molecular formula is C19H21ClN6O. The van der Waals surface area contributed by atoms with Crippen LogP contribution in [0.2, 0.25) is 5.15 Å². The van der Waals surface area contributed by atoms with Crippen molar-refractivity contribution in [2.24, 2.45) is 0 Å². The van der Waals surface area contributed by atoms with Gasteiger partial charge in [-0.15, -0.1) is 0 Å². The van der Waals surface area contributed by atoms with E-state index >= 15 is 0 Å². The van der Waals surface area contributed by atoms with Gasteiger partial charge in [0.2, 0.25) is 5.91 Å². The van der Waals surface area contributed by atoms with Gasteiger partial charge in [0.25, 0.3) is 0 Å². The summed E-state index contributed by atoms with van der Waals surface area (Å²) >= 11 is 6.02. The van der Waals surface area contributed by atoms with Crippen molar-refractivity contribution in [2.45, 2.75) is 19.4 Å². The number of carbonyl (C=O) groups is 1. The second-order valence-electron chi connectivity index (χ2n) is 6.37. The SMILES string of the molecule is CC(C(=O)Nc1cccnc1Cl)N1CCCN(c2ncccc2C#N)CC1. The van der Waals surface area contributed by atoms with E-state index in [0.29, 0.717) is 30.2 Å². The van der Waals surface area contributed by atoms with Crippen molar-refractivity contribution in [1.29, 1.82) is 5.26 Å². The fourth-order valence-corrected chi connectivity index (χ4v) is 3.32. The molecule has 0 aromatic carbocycles. The lowest BCUT2D eigenvalue weighted by Gasteiger charge is -2.27. The van der Waals surface area contributed by atoms with Crippen LogP contribution in [0.15, 0.2) is 36.7 Å². The number of nitrogens with zero attached hydrogens (tertiary/aromatic N) is 5. The Morgan fingerprint density at radius 3 is 2.78 bits per heavy atom. The topological polar surface area (TPSA) is 85.2 Å². The number of hydrogen-bond donors (Lipinski definition) is 1. The molecule has 7 nitrogen and oxygen atoms in total. The minimum absolute atomic E-state index is 0.117. The van der Waals surface area contributed by atoms with Crippen LogP contribution in [0.3, 0.4) is 0 Å². The first-order valence-electron chi connectivity index (χ1n) is 8.85. The van der Waals surface area contributed by atoms with Crippen molar-refractivity contribution in [2.75, 3.05) is 36.4 Å². The quantitative estimate of drug-likeness (QED) is 0.815. The maximum Gasteiger partial charge on any atom is 0.241 e. The Labute approximate surface area is 163 Å². The molecular weight excluding hydrogens is 364 g/mol. The summed E-state index contributed by atoms with van der Waals surface area (Å²) in [6, 6.07) is 8.90. The molecule has 3 rings (SSSR count). The van der Waals surface area contributed by atoms with E-state index < -0.39 is 0 Å². The fourth-order valence-electron chi connectivity index (χ4n) is 3.16. The van der Waals surface area contributed by atoms with Gasteiger partial charge < -0.3 is 10.2 Å². The molecule has 1 saturated heterocycles. The van der Waals surface area contributed by atoms with Gasteiger partial charge in [-0.25, -0.2) is 9.97 Å². The summed E-state index contributed by atoms with van der Waals surface area (Å²) in [6.07, 6.45) is 4.16. The van der Waals surface area contributed by atoms with E-state index in [2.05, 4.69) is 31.2 Å². The molecule has 0 bridgehead atoms. The third-order valence-corrected chi connectivity index (χ3v) is 4.98. The summed E-state index contributed by atoms with van der Waals surface area (Å²) in [5, 5.41) is 12.4. The highest BCUT2D eigenvalue weighted by molar-refractivity contribution is 6.32. The second-order valence-corrected chi connectivity index (χ2v) is 6.73. The van der Waals surface area contributed by atoms with Crippen LogP contribution in [-0.2, 0) is 4.79 Å². The Balaban J connectivity index is 1.64. The van der Waals surface area contributed by atoms with E-state index in [1.54, 1.807) is 36.7 Å². The molecule has 1 unspecified atom stereocenters. The van der Waals surface area contributed by atoms with Gasteiger partial charge in [0.1, 0.15) is 11.9 Å². The van der Waals surface area contributed by atoms with Crippen molar-refractivity contribution >= 4 is 29.0 Å². The fraction of sp³-hybridized carbons (Fsp3) is 0.368. The van der Waals surface area contributed by atoms with Crippen LogP contribution in [0.5, 0.6) is 0 Å². The van der Waals surface area contributed by atoms with Crippen molar-refractivity contribution in [1.82, 2.24) is 14.9 Å². The molecule has 3 heterocycles. The minimum Gasteiger partial charge on any atom is -0.354 e. The van der Waals surface area contributed by atoms with E-state index in [1.807, 2.05) is 6.92 Å². The molecule has 0 aliphatic carbocycles. The van der Waals surface area contributed by atoms with Crippen LogP contribution < -0.4 is 10.2 Å². The first-order valence-corrected chi connectivity index (χ1v) is 9.23. The summed E-state index contributed by atoms with van der Waals surface area (Å²) in [4.78, 5) is 25.2. The van der Waals surface area contributed by atoms with Crippen LogP contribution in [-0.4, -0.2) is 53.0 Å². The van der Waals surface area contributed by atoms with Crippen molar-refractivity contribution in [3.63, 3.8) is 0 Å². The first-order chi connectivity index (χ1) is 13.1. The molecule has 1 aliphatic heterocycles. The molecule has 0 saturated carbocycles. The van der Waals surface area contributed by atoms with E-state index in [-0.39, 0.29) is 17.1 Å². The number of nitriles is 1. The zero-order chi connectivity index (χ0) is 19.2. The van der Waals surface area contributed by atoms with Crippen molar-refractivity contribution in [3.8, 4) is 6.07 Å². The van der Waals surface area contributed by atoms with Gasteiger partial charge in [0.15, 0.2) is 5.15 Å². The Morgan fingerprint density at radius 2 is 2.00 bits per heavy atom. The van der Waals surface area contributed by atoms with Gasteiger partial charge in [-0.2, -0.15) is 5.26 Å². The van der Waals surface area contributed by atoms with Crippen molar-refractivity contribution in [3.05, 3.63) is 47.4 Å². The summed E-state index contributed by atoms with van der Waals surface area (Å²) in [5.41, 5.74) is 1.09. The van der Waals surface area contributed by atoms with Gasteiger partial charge in [0, 0.05) is 38.6 Å². The summed E-state index contributed by atoms with van der Waals surface area (Å²) < 4.78 is 0.